The Labute approximate surface area is 260 Å². The molecule has 1 fully saturated rings. The quantitative estimate of drug-likeness (QED) is 0.229. The highest BCUT2D eigenvalue weighted by Gasteiger charge is 2.32. The van der Waals surface area contributed by atoms with E-state index >= 15 is 0 Å². The van der Waals surface area contributed by atoms with Crippen molar-refractivity contribution in [2.45, 2.75) is 62.9 Å². The molecule has 1 aliphatic rings. The highest BCUT2D eigenvalue weighted by molar-refractivity contribution is 7.99. The lowest BCUT2D eigenvalue weighted by Gasteiger charge is -2.33. The Morgan fingerprint density at radius 1 is 0.800 bits per heavy atom. The van der Waals surface area contributed by atoms with Crippen LogP contribution in [0.5, 0.6) is 0 Å². The number of hydrogen-bond donors (Lipinski definition) is 1. The first-order valence-electron chi connectivity index (χ1n) is 13.4. The van der Waals surface area contributed by atoms with E-state index in [0.29, 0.717) is 32.3 Å². The molecule has 1 saturated carbocycles. The standard InChI is InChI=1S/C31H32Cl4N2O2S/c32-25-13-11-22(15-27(25)34)18-37(30(38)20-40-19-23-12-14-26(33)28(35)16-23)29(17-21-7-3-1-4-8-21)31(39)36-24-9-5-2-6-10-24/h1,3-4,7-8,11-16,24,29H,2,5-6,9-10,17-20H2,(H,36,39). The van der Waals surface area contributed by atoms with Gasteiger partial charge < -0.3 is 10.2 Å². The summed E-state index contributed by atoms with van der Waals surface area (Å²) in [6, 6.07) is 20.0. The average molecular weight is 638 g/mol. The van der Waals surface area contributed by atoms with E-state index in [4.69, 9.17) is 46.4 Å². The molecule has 1 unspecified atom stereocenters. The maximum Gasteiger partial charge on any atom is 0.243 e. The molecule has 1 N–H and O–H groups in total. The van der Waals surface area contributed by atoms with Gasteiger partial charge in [0, 0.05) is 24.8 Å². The number of nitrogens with zero attached hydrogens (tertiary/aromatic N) is 1. The molecular formula is C31H32Cl4N2O2S. The van der Waals surface area contributed by atoms with Crippen LogP contribution in [0.1, 0.15) is 48.8 Å². The maximum atomic E-state index is 13.9. The number of halogens is 4. The van der Waals surface area contributed by atoms with E-state index < -0.39 is 6.04 Å². The number of hydrogen-bond acceptors (Lipinski definition) is 3. The molecule has 0 bridgehead atoms. The fourth-order valence-electron chi connectivity index (χ4n) is 4.90. The van der Waals surface area contributed by atoms with Crippen molar-refractivity contribution in [3.63, 3.8) is 0 Å². The van der Waals surface area contributed by atoms with Crippen molar-refractivity contribution in [2.24, 2.45) is 0 Å². The van der Waals surface area contributed by atoms with E-state index in [-0.39, 0.29) is 30.2 Å². The van der Waals surface area contributed by atoms with E-state index in [2.05, 4.69) is 5.32 Å². The normalized spacial score (nSPS) is 14.5. The Morgan fingerprint density at radius 2 is 1.43 bits per heavy atom. The molecule has 0 heterocycles. The Hall–Kier alpha value is -1.89. The Balaban J connectivity index is 1.58. The van der Waals surface area contributed by atoms with E-state index in [1.165, 1.54) is 18.2 Å². The van der Waals surface area contributed by atoms with Gasteiger partial charge in [-0.3, -0.25) is 9.59 Å². The van der Waals surface area contributed by atoms with E-state index in [1.807, 2.05) is 48.5 Å². The summed E-state index contributed by atoms with van der Waals surface area (Å²) in [5.41, 5.74) is 2.77. The minimum atomic E-state index is -0.683. The van der Waals surface area contributed by atoms with Crippen molar-refractivity contribution in [2.75, 3.05) is 5.75 Å². The molecule has 0 saturated heterocycles. The molecule has 3 aromatic carbocycles. The number of amides is 2. The first-order valence-corrected chi connectivity index (χ1v) is 16.1. The number of carbonyl (C=O) groups is 2. The Bertz CT molecular complexity index is 1300. The molecule has 212 valence electrons. The monoisotopic (exact) mass is 636 g/mol. The van der Waals surface area contributed by atoms with Crippen LogP contribution in [0.15, 0.2) is 66.7 Å². The van der Waals surface area contributed by atoms with Crippen molar-refractivity contribution in [3.05, 3.63) is 104 Å². The molecule has 4 rings (SSSR count). The van der Waals surface area contributed by atoms with Crippen molar-refractivity contribution >= 4 is 70.0 Å². The Morgan fingerprint density at radius 3 is 2.08 bits per heavy atom. The summed E-state index contributed by atoms with van der Waals surface area (Å²) in [4.78, 5) is 29.4. The first kappa shape index (κ1) is 31.1. The lowest BCUT2D eigenvalue weighted by Crippen LogP contribution is -2.53. The third kappa shape index (κ3) is 9.06. The van der Waals surface area contributed by atoms with Gasteiger partial charge in [-0.1, -0.05) is 108 Å². The SMILES string of the molecule is O=C(NC1CCCCC1)C(Cc1ccccc1)N(Cc1ccc(Cl)c(Cl)c1)C(=O)CSCc1ccc(Cl)c(Cl)c1. The third-order valence-electron chi connectivity index (χ3n) is 7.04. The maximum absolute atomic E-state index is 13.9. The molecule has 3 aromatic rings. The largest absolute Gasteiger partial charge is 0.352 e. The van der Waals surface area contributed by atoms with Crippen LogP contribution in [0.2, 0.25) is 20.1 Å². The van der Waals surface area contributed by atoms with Crippen molar-refractivity contribution in [1.29, 1.82) is 0 Å². The topological polar surface area (TPSA) is 49.4 Å². The van der Waals surface area contributed by atoms with Crippen molar-refractivity contribution < 1.29 is 9.59 Å². The second-order valence-corrected chi connectivity index (χ2v) is 12.7. The number of benzene rings is 3. The highest BCUT2D eigenvalue weighted by Crippen LogP contribution is 2.27. The molecule has 40 heavy (non-hydrogen) atoms. The smallest absolute Gasteiger partial charge is 0.243 e. The summed E-state index contributed by atoms with van der Waals surface area (Å²) in [7, 11) is 0. The number of thioether (sulfide) groups is 1. The van der Waals surface area contributed by atoms with Gasteiger partial charge in [0.15, 0.2) is 0 Å². The molecule has 2 amide bonds. The van der Waals surface area contributed by atoms with Gasteiger partial charge in [0.1, 0.15) is 6.04 Å². The van der Waals surface area contributed by atoms with Crippen LogP contribution in [0.4, 0.5) is 0 Å². The predicted octanol–water partition coefficient (Wildman–Crippen LogP) is 8.62. The lowest BCUT2D eigenvalue weighted by atomic mass is 9.94. The second-order valence-electron chi connectivity index (χ2n) is 10.1. The second kappa shape index (κ2) is 15.4. The zero-order valence-electron chi connectivity index (χ0n) is 22.1. The summed E-state index contributed by atoms with van der Waals surface area (Å²) in [6.07, 6.45) is 5.73. The van der Waals surface area contributed by atoms with Gasteiger partial charge in [-0.15, -0.1) is 11.8 Å². The van der Waals surface area contributed by atoms with Gasteiger partial charge in [-0.25, -0.2) is 0 Å². The summed E-state index contributed by atoms with van der Waals surface area (Å²) < 4.78 is 0. The zero-order chi connectivity index (χ0) is 28.5. The lowest BCUT2D eigenvalue weighted by molar-refractivity contribution is -0.139. The predicted molar refractivity (Wildman–Crippen MR) is 169 cm³/mol. The summed E-state index contributed by atoms with van der Waals surface area (Å²) in [5, 5.41) is 5.08. The molecule has 1 aliphatic carbocycles. The van der Waals surface area contributed by atoms with Gasteiger partial charge in [0.2, 0.25) is 11.8 Å². The molecule has 1 atom stereocenters. The third-order valence-corrected chi connectivity index (χ3v) is 9.50. The minimum absolute atomic E-state index is 0.126. The molecule has 0 aliphatic heterocycles. The van der Waals surface area contributed by atoms with E-state index in [9.17, 15) is 9.59 Å². The van der Waals surface area contributed by atoms with Crippen LogP contribution in [0, 0.1) is 0 Å². The fraction of sp³-hybridized carbons (Fsp3) is 0.355. The van der Waals surface area contributed by atoms with E-state index in [1.54, 1.807) is 23.1 Å². The Kier molecular flexibility index (Phi) is 11.9. The van der Waals surface area contributed by atoms with Crippen LogP contribution in [0.3, 0.4) is 0 Å². The van der Waals surface area contributed by atoms with Crippen LogP contribution >= 0.6 is 58.2 Å². The molecule has 9 heteroatoms. The summed E-state index contributed by atoms with van der Waals surface area (Å²) in [6.45, 7) is 0.235. The van der Waals surface area contributed by atoms with Crippen LogP contribution < -0.4 is 5.32 Å². The number of nitrogens with one attached hydrogen (secondary N) is 1. The van der Waals surface area contributed by atoms with Gasteiger partial charge in [0.25, 0.3) is 0 Å². The molecule has 0 spiro atoms. The van der Waals surface area contributed by atoms with Gasteiger partial charge in [-0.2, -0.15) is 0 Å². The average Bonchev–Trinajstić information content (AvgIpc) is 2.95. The number of rotatable bonds is 11. The summed E-state index contributed by atoms with van der Waals surface area (Å²) in [5.74, 6) is 0.527. The van der Waals surface area contributed by atoms with Crippen molar-refractivity contribution in [1.82, 2.24) is 10.2 Å². The summed E-state index contributed by atoms with van der Waals surface area (Å²) >= 11 is 26.2. The van der Waals surface area contributed by atoms with E-state index in [0.717, 1.165) is 42.4 Å². The van der Waals surface area contributed by atoms with Crippen LogP contribution in [-0.2, 0) is 28.3 Å². The van der Waals surface area contributed by atoms with Crippen LogP contribution in [-0.4, -0.2) is 34.6 Å². The fourth-order valence-corrected chi connectivity index (χ4v) is 6.40. The molecule has 0 aromatic heterocycles. The van der Waals surface area contributed by atoms with Gasteiger partial charge in [0.05, 0.1) is 25.8 Å². The van der Waals surface area contributed by atoms with Crippen molar-refractivity contribution in [3.8, 4) is 0 Å². The zero-order valence-corrected chi connectivity index (χ0v) is 25.9. The van der Waals surface area contributed by atoms with Crippen LogP contribution in [0.25, 0.3) is 0 Å². The molecular weight excluding hydrogens is 606 g/mol. The highest BCUT2D eigenvalue weighted by atomic mass is 35.5. The number of carbonyl (C=O) groups excluding carboxylic acids is 2. The minimum Gasteiger partial charge on any atom is -0.352 e. The van der Waals surface area contributed by atoms with Gasteiger partial charge in [-0.05, 0) is 53.8 Å². The molecule has 4 nitrogen and oxygen atoms in total. The van der Waals surface area contributed by atoms with Gasteiger partial charge >= 0.3 is 0 Å². The first-order chi connectivity index (χ1) is 19.3. The molecule has 0 radical (unpaired) electrons.